The highest BCUT2D eigenvalue weighted by atomic mass is 32.2. The van der Waals surface area contributed by atoms with Crippen molar-refractivity contribution in [3.05, 3.63) is 53.9 Å². The third-order valence-corrected chi connectivity index (χ3v) is 6.03. The number of thioether (sulfide) groups is 1. The Labute approximate surface area is 186 Å². The third kappa shape index (κ3) is 6.35. The van der Waals surface area contributed by atoms with Crippen LogP contribution in [0.1, 0.15) is 29.8 Å². The average molecular weight is 445 g/mol. The predicted octanol–water partition coefficient (Wildman–Crippen LogP) is 2.58. The number of hydrogen-bond donors (Lipinski definition) is 4. The van der Waals surface area contributed by atoms with Gasteiger partial charge in [-0.2, -0.15) is 0 Å². The minimum absolute atomic E-state index is 0.0757. The van der Waals surface area contributed by atoms with Crippen molar-refractivity contribution < 1.29 is 19.8 Å². The zero-order valence-electron chi connectivity index (χ0n) is 17.6. The van der Waals surface area contributed by atoms with Crippen LogP contribution in [-0.2, 0) is 6.42 Å². The zero-order chi connectivity index (χ0) is 22.4. The van der Waals surface area contributed by atoms with Crippen LogP contribution in [-0.4, -0.2) is 58.3 Å². The maximum absolute atomic E-state index is 12.6. The van der Waals surface area contributed by atoms with Crippen molar-refractivity contribution in [3.8, 4) is 0 Å². The molecule has 1 aromatic carbocycles. The van der Waals surface area contributed by atoms with Gasteiger partial charge in [-0.05, 0) is 42.2 Å². The molecule has 3 rings (SSSR count). The number of nitrogens with one attached hydrogen (secondary N) is 2. The lowest BCUT2D eigenvalue weighted by molar-refractivity contribution is 0.0874. The molecule has 0 radical (unpaired) electrons. The van der Waals surface area contributed by atoms with Crippen molar-refractivity contribution >= 4 is 29.4 Å². The third-order valence-electron chi connectivity index (χ3n) is 4.95. The summed E-state index contributed by atoms with van der Waals surface area (Å²) in [7, 11) is 0. The summed E-state index contributed by atoms with van der Waals surface area (Å²) in [5.74, 6) is 1.11. The summed E-state index contributed by atoms with van der Waals surface area (Å²) < 4.78 is 0. The van der Waals surface area contributed by atoms with Crippen molar-refractivity contribution in [3.63, 3.8) is 0 Å². The minimum Gasteiger partial charge on any atom is -0.465 e. The first kappa shape index (κ1) is 22.9. The minimum atomic E-state index is -1.24. The van der Waals surface area contributed by atoms with Gasteiger partial charge in [-0.25, -0.2) is 4.79 Å². The molecule has 1 aliphatic rings. The fourth-order valence-electron chi connectivity index (χ4n) is 3.50. The summed E-state index contributed by atoms with van der Waals surface area (Å²) in [6.45, 7) is 5.24. The Morgan fingerprint density at radius 3 is 2.77 bits per heavy atom. The van der Waals surface area contributed by atoms with Crippen molar-refractivity contribution in [1.82, 2.24) is 15.6 Å². The Balaban J connectivity index is 1.60. The van der Waals surface area contributed by atoms with Gasteiger partial charge in [-0.15, -0.1) is 11.8 Å². The van der Waals surface area contributed by atoms with Gasteiger partial charge in [-0.3, -0.25) is 9.78 Å². The van der Waals surface area contributed by atoms with Gasteiger partial charge in [0.2, 0.25) is 0 Å². The molecule has 0 aliphatic carbocycles. The van der Waals surface area contributed by atoms with E-state index >= 15 is 0 Å². The smallest absolute Gasteiger partial charge is 0.404 e. The normalized spacial score (nSPS) is 14.8. The van der Waals surface area contributed by atoms with E-state index < -0.39 is 18.2 Å². The molecule has 0 saturated carbocycles. The van der Waals surface area contributed by atoms with Crippen LogP contribution in [0, 0.1) is 5.92 Å². The second-order valence-electron chi connectivity index (χ2n) is 7.97. The number of carbonyl (C=O) groups excluding carboxylic acids is 1. The molecule has 4 N–H and O–H groups in total. The van der Waals surface area contributed by atoms with Gasteiger partial charge < -0.3 is 25.7 Å². The molecule has 0 unspecified atom stereocenters. The number of carbonyl (C=O) groups is 2. The highest BCUT2D eigenvalue weighted by Crippen LogP contribution is 2.39. The van der Waals surface area contributed by atoms with E-state index in [-0.39, 0.29) is 18.9 Å². The van der Waals surface area contributed by atoms with Crippen LogP contribution < -0.4 is 15.5 Å². The van der Waals surface area contributed by atoms with Gasteiger partial charge in [0.25, 0.3) is 5.91 Å². The standard InChI is InChI=1S/C22H28N4O4S/c1-14(2)12-26-13-31-20-9-16(5-6-18(20)26)21(28)24-11-19(27)17(25-22(29)30)8-15-4-3-7-23-10-15/h3-7,9-10,14,17,19,25,27H,8,11-13H2,1-2H3,(H,24,28)(H,29,30)/t17-,19-/m0/s1. The van der Waals surface area contributed by atoms with Gasteiger partial charge in [0.15, 0.2) is 0 Å². The van der Waals surface area contributed by atoms with E-state index in [4.69, 9.17) is 5.11 Å². The highest BCUT2D eigenvalue weighted by molar-refractivity contribution is 7.99. The van der Waals surface area contributed by atoms with E-state index in [1.807, 2.05) is 12.1 Å². The Morgan fingerprint density at radius 1 is 1.29 bits per heavy atom. The molecule has 8 nitrogen and oxygen atoms in total. The first-order valence-corrected chi connectivity index (χ1v) is 11.2. The van der Waals surface area contributed by atoms with E-state index in [2.05, 4.69) is 34.4 Å². The van der Waals surface area contributed by atoms with Crippen LogP contribution in [0.2, 0.25) is 0 Å². The fraction of sp³-hybridized carbons (Fsp3) is 0.409. The van der Waals surface area contributed by atoms with Crippen LogP contribution in [0.5, 0.6) is 0 Å². The molecule has 0 saturated heterocycles. The SMILES string of the molecule is CC(C)CN1CSc2cc(C(=O)NC[C@H](O)[C@H](Cc3cccnc3)NC(=O)O)ccc21. The van der Waals surface area contributed by atoms with Gasteiger partial charge in [-0.1, -0.05) is 19.9 Å². The number of fused-ring (bicyclic) bond motifs is 1. The number of aliphatic hydroxyl groups excluding tert-OH is 1. The summed E-state index contributed by atoms with van der Waals surface area (Å²) in [6.07, 6.45) is 1.17. The van der Waals surface area contributed by atoms with E-state index in [9.17, 15) is 14.7 Å². The van der Waals surface area contributed by atoms with Gasteiger partial charge in [0.1, 0.15) is 0 Å². The van der Waals surface area contributed by atoms with Crippen molar-refractivity contribution in [1.29, 1.82) is 0 Å². The molecule has 31 heavy (non-hydrogen) atoms. The summed E-state index contributed by atoms with van der Waals surface area (Å²) in [6, 6.07) is 8.38. The molecule has 2 heterocycles. The molecule has 2 aromatic rings. The first-order valence-electron chi connectivity index (χ1n) is 10.2. The van der Waals surface area contributed by atoms with Gasteiger partial charge in [0.05, 0.1) is 23.7 Å². The number of aromatic nitrogens is 1. The molecule has 0 bridgehead atoms. The number of amides is 2. The summed E-state index contributed by atoms with van der Waals surface area (Å²) in [5, 5.41) is 24.7. The number of hydrogen-bond acceptors (Lipinski definition) is 6. The Bertz CT molecular complexity index is 910. The molecular formula is C22H28N4O4S. The number of anilines is 1. The second-order valence-corrected chi connectivity index (χ2v) is 8.96. The second kappa shape index (κ2) is 10.5. The van der Waals surface area contributed by atoms with Gasteiger partial charge >= 0.3 is 6.09 Å². The Hall–Kier alpha value is -2.78. The largest absolute Gasteiger partial charge is 0.465 e. The molecule has 166 valence electrons. The fourth-order valence-corrected chi connectivity index (χ4v) is 4.59. The average Bonchev–Trinajstić information content (AvgIpc) is 3.13. The van der Waals surface area contributed by atoms with Gasteiger partial charge in [0, 0.05) is 35.9 Å². The Morgan fingerprint density at radius 2 is 2.10 bits per heavy atom. The number of pyridine rings is 1. The lowest BCUT2D eigenvalue weighted by Gasteiger charge is -2.23. The van der Waals surface area contributed by atoms with E-state index in [1.54, 1.807) is 42.4 Å². The molecule has 0 spiro atoms. The topological polar surface area (TPSA) is 115 Å². The monoisotopic (exact) mass is 444 g/mol. The molecule has 2 atom stereocenters. The maximum atomic E-state index is 12.6. The molecule has 1 aliphatic heterocycles. The highest BCUT2D eigenvalue weighted by Gasteiger charge is 2.24. The van der Waals surface area contributed by atoms with Crippen LogP contribution in [0.4, 0.5) is 10.5 Å². The quantitative estimate of drug-likeness (QED) is 0.470. The number of rotatable bonds is 9. The Kier molecular flexibility index (Phi) is 7.75. The van der Waals surface area contributed by atoms with E-state index in [0.717, 1.165) is 28.6 Å². The molecule has 9 heteroatoms. The maximum Gasteiger partial charge on any atom is 0.404 e. The first-order chi connectivity index (χ1) is 14.8. The lowest BCUT2D eigenvalue weighted by Crippen LogP contribution is -2.49. The van der Waals surface area contributed by atoms with Crippen molar-refractivity contribution in [2.24, 2.45) is 5.92 Å². The van der Waals surface area contributed by atoms with Crippen LogP contribution >= 0.6 is 11.8 Å². The van der Waals surface area contributed by atoms with Crippen LogP contribution in [0.3, 0.4) is 0 Å². The predicted molar refractivity (Wildman–Crippen MR) is 121 cm³/mol. The molecule has 1 aromatic heterocycles. The number of carboxylic acid groups (broad SMARTS) is 1. The van der Waals surface area contributed by atoms with Crippen molar-refractivity contribution in [2.75, 3.05) is 23.9 Å². The zero-order valence-corrected chi connectivity index (χ0v) is 18.4. The summed E-state index contributed by atoms with van der Waals surface area (Å²) in [4.78, 5) is 31.1. The van der Waals surface area contributed by atoms with E-state index in [0.29, 0.717) is 11.5 Å². The molecular weight excluding hydrogens is 416 g/mol. The summed E-state index contributed by atoms with van der Waals surface area (Å²) >= 11 is 1.70. The summed E-state index contributed by atoms with van der Waals surface area (Å²) in [5.41, 5.74) is 2.44. The van der Waals surface area contributed by atoms with Crippen LogP contribution in [0.25, 0.3) is 0 Å². The number of benzene rings is 1. The van der Waals surface area contributed by atoms with E-state index in [1.165, 1.54) is 0 Å². The molecule has 2 amide bonds. The van der Waals surface area contributed by atoms with Crippen LogP contribution in [0.15, 0.2) is 47.6 Å². The number of nitrogens with zero attached hydrogens (tertiary/aromatic N) is 2. The number of aliphatic hydroxyl groups is 1. The van der Waals surface area contributed by atoms with Crippen molar-refractivity contribution in [2.45, 2.75) is 37.3 Å². The lowest BCUT2D eigenvalue weighted by atomic mass is 10.0. The molecule has 0 fully saturated rings.